The summed E-state index contributed by atoms with van der Waals surface area (Å²) in [5.41, 5.74) is 12.9. The van der Waals surface area contributed by atoms with Crippen molar-refractivity contribution in [3.05, 3.63) is 273 Å². The first-order valence-corrected chi connectivity index (χ1v) is 26.2. The van der Waals surface area contributed by atoms with Gasteiger partial charge in [0.15, 0.2) is 8.07 Å². The minimum absolute atomic E-state index is 1.12. The maximum atomic E-state index is 2.50. The lowest BCUT2D eigenvalue weighted by atomic mass is 10.0. The van der Waals surface area contributed by atoms with Crippen LogP contribution in [-0.4, -0.2) is 21.8 Å². The van der Waals surface area contributed by atoms with E-state index in [2.05, 4.69) is 287 Å². The summed E-state index contributed by atoms with van der Waals surface area (Å²) in [7, 11) is -2.69. The number of aromatic nitrogens is 3. The molecule has 3 nitrogen and oxygen atoms in total. The molecule has 328 valence electrons. The lowest BCUT2D eigenvalue weighted by Crippen LogP contribution is -2.74. The molecule has 0 spiro atoms. The van der Waals surface area contributed by atoms with E-state index in [4.69, 9.17) is 0 Å². The Kier molecular flexibility index (Phi) is 9.23. The first-order valence-electron chi connectivity index (χ1n) is 24.2. The van der Waals surface area contributed by atoms with Gasteiger partial charge in [0.1, 0.15) is 0 Å². The quantitative estimate of drug-likeness (QED) is 0.107. The molecule has 0 N–H and O–H groups in total. The standard InChI is InChI=1S/C66H45N3Si/c1-5-20-46(21-6-1)47-36-42-57-54-28-13-18-34-62(54)69(65(57)44-47)64-35-19-31-58-55-29-14-17-33-61(55)68(66(58)64)49-39-43-63-59(45-49)56-30-15-16-32-60(56)67(63)48-37-40-53(41-38-48)70(50-22-7-2-8-23-50,51-24-9-3-10-25-51)52-26-11-4-12-27-52/h1-45H. The van der Waals surface area contributed by atoms with Crippen molar-refractivity contribution in [1.82, 2.24) is 13.7 Å². The molecule has 0 aliphatic carbocycles. The van der Waals surface area contributed by atoms with E-state index in [9.17, 15) is 0 Å². The Labute approximate surface area is 407 Å². The van der Waals surface area contributed by atoms with E-state index in [-0.39, 0.29) is 0 Å². The summed E-state index contributed by atoms with van der Waals surface area (Å²) in [6.45, 7) is 0. The zero-order valence-electron chi connectivity index (χ0n) is 38.3. The van der Waals surface area contributed by atoms with Crippen LogP contribution >= 0.6 is 0 Å². The smallest absolute Gasteiger partial charge is 0.179 e. The number of para-hydroxylation sites is 4. The molecule has 70 heavy (non-hydrogen) atoms. The highest BCUT2D eigenvalue weighted by Crippen LogP contribution is 2.42. The monoisotopic (exact) mass is 907 g/mol. The molecule has 0 aliphatic heterocycles. The van der Waals surface area contributed by atoms with Crippen LogP contribution in [0.15, 0.2) is 273 Å². The van der Waals surface area contributed by atoms with Gasteiger partial charge in [-0.1, -0.05) is 212 Å². The molecule has 0 bridgehead atoms. The van der Waals surface area contributed by atoms with E-state index >= 15 is 0 Å². The third-order valence-electron chi connectivity index (χ3n) is 14.8. The molecule has 0 fully saturated rings. The van der Waals surface area contributed by atoms with Crippen molar-refractivity contribution in [2.45, 2.75) is 0 Å². The Morgan fingerprint density at radius 2 is 0.671 bits per heavy atom. The predicted octanol–water partition coefficient (Wildman–Crippen LogP) is 14.0. The van der Waals surface area contributed by atoms with Gasteiger partial charge >= 0.3 is 0 Å². The van der Waals surface area contributed by atoms with Gasteiger partial charge in [0.25, 0.3) is 0 Å². The van der Waals surface area contributed by atoms with Gasteiger partial charge in [0, 0.05) is 43.7 Å². The van der Waals surface area contributed by atoms with E-state index in [1.807, 2.05) is 0 Å². The van der Waals surface area contributed by atoms with E-state index < -0.39 is 8.07 Å². The molecule has 14 aromatic rings. The number of fused-ring (bicyclic) bond motifs is 9. The van der Waals surface area contributed by atoms with Crippen LogP contribution in [0.3, 0.4) is 0 Å². The molecular formula is C66H45N3Si. The average Bonchev–Trinajstić information content (AvgIpc) is 4.08. The molecule has 11 aromatic carbocycles. The maximum Gasteiger partial charge on any atom is 0.179 e. The Morgan fingerprint density at radius 1 is 0.229 bits per heavy atom. The molecule has 0 saturated carbocycles. The van der Waals surface area contributed by atoms with Gasteiger partial charge in [-0.2, -0.15) is 0 Å². The number of nitrogens with zero attached hydrogens (tertiary/aromatic N) is 3. The molecule has 4 heteroatoms. The van der Waals surface area contributed by atoms with E-state index in [1.165, 1.54) is 97.3 Å². The van der Waals surface area contributed by atoms with Crippen molar-refractivity contribution in [2.24, 2.45) is 0 Å². The highest BCUT2D eigenvalue weighted by atomic mass is 28.3. The SMILES string of the molecule is c1ccc(-c2ccc3c4ccccc4n(-c4cccc5c6ccccc6n(-c6ccc7c(c6)c6ccccc6n7-c6ccc([Si](c7ccccc7)(c7ccccc7)c7ccccc7)cc6)c45)c3c2)cc1. The molecular weight excluding hydrogens is 863 g/mol. The van der Waals surface area contributed by atoms with Crippen LogP contribution in [0.4, 0.5) is 0 Å². The van der Waals surface area contributed by atoms with Crippen LogP contribution in [-0.2, 0) is 0 Å². The van der Waals surface area contributed by atoms with Crippen molar-refractivity contribution >= 4 is 94.2 Å². The van der Waals surface area contributed by atoms with E-state index in [0.29, 0.717) is 0 Å². The van der Waals surface area contributed by atoms with Crippen LogP contribution in [0, 0.1) is 0 Å². The van der Waals surface area contributed by atoms with Crippen LogP contribution in [0.2, 0.25) is 0 Å². The summed E-state index contributed by atoms with van der Waals surface area (Å²) < 4.78 is 7.45. The minimum Gasteiger partial charge on any atom is -0.309 e. The molecule has 0 aliphatic rings. The van der Waals surface area contributed by atoms with E-state index in [1.54, 1.807) is 0 Å². The van der Waals surface area contributed by atoms with Crippen molar-refractivity contribution in [3.63, 3.8) is 0 Å². The largest absolute Gasteiger partial charge is 0.309 e. The second kappa shape index (κ2) is 16.1. The first kappa shape index (κ1) is 40.1. The normalized spacial score (nSPS) is 12.0. The lowest BCUT2D eigenvalue weighted by molar-refractivity contribution is 1.13. The Hall–Kier alpha value is -8.96. The van der Waals surface area contributed by atoms with Crippen molar-refractivity contribution in [2.75, 3.05) is 0 Å². The molecule has 3 heterocycles. The van der Waals surface area contributed by atoms with Crippen LogP contribution in [0.1, 0.15) is 0 Å². The fourth-order valence-electron chi connectivity index (χ4n) is 11.8. The second-order valence-corrected chi connectivity index (χ2v) is 22.2. The maximum absolute atomic E-state index is 2.69. The molecule has 14 rings (SSSR count). The lowest BCUT2D eigenvalue weighted by Gasteiger charge is -2.34. The van der Waals surface area contributed by atoms with Gasteiger partial charge in [-0.3, -0.25) is 0 Å². The summed E-state index contributed by atoms with van der Waals surface area (Å²) in [5.74, 6) is 0. The van der Waals surface area contributed by atoms with Crippen molar-refractivity contribution in [1.29, 1.82) is 0 Å². The van der Waals surface area contributed by atoms with Gasteiger partial charge in [-0.05, 0) is 92.5 Å². The number of rotatable bonds is 8. The molecule has 0 atom stereocenters. The highest BCUT2D eigenvalue weighted by molar-refractivity contribution is 7.19. The molecule has 0 radical (unpaired) electrons. The van der Waals surface area contributed by atoms with Gasteiger partial charge in [-0.25, -0.2) is 0 Å². The summed E-state index contributed by atoms with van der Waals surface area (Å²) in [6, 6.07) is 101. The van der Waals surface area contributed by atoms with Crippen LogP contribution in [0.5, 0.6) is 0 Å². The average molecular weight is 908 g/mol. The third kappa shape index (κ3) is 6.00. The second-order valence-electron chi connectivity index (χ2n) is 18.4. The van der Waals surface area contributed by atoms with Crippen LogP contribution in [0.25, 0.3) is 93.6 Å². The minimum atomic E-state index is -2.69. The Bertz CT molecular complexity index is 4170. The van der Waals surface area contributed by atoms with Crippen LogP contribution < -0.4 is 20.7 Å². The predicted molar refractivity (Wildman–Crippen MR) is 299 cm³/mol. The Balaban J connectivity index is 0.975. The van der Waals surface area contributed by atoms with Crippen molar-refractivity contribution < 1.29 is 0 Å². The van der Waals surface area contributed by atoms with Gasteiger partial charge in [0.2, 0.25) is 0 Å². The fraction of sp³-hybridized carbons (Fsp3) is 0. The summed E-state index contributed by atoms with van der Waals surface area (Å²) in [5, 5.41) is 12.8. The van der Waals surface area contributed by atoms with Gasteiger partial charge < -0.3 is 13.7 Å². The van der Waals surface area contributed by atoms with E-state index in [0.717, 1.165) is 17.1 Å². The molecule has 3 aromatic heterocycles. The Morgan fingerprint density at radius 3 is 1.29 bits per heavy atom. The van der Waals surface area contributed by atoms with Gasteiger partial charge in [0.05, 0.1) is 38.8 Å². The molecule has 0 unspecified atom stereocenters. The zero-order chi connectivity index (χ0) is 46.2. The number of benzene rings is 11. The fourth-order valence-corrected chi connectivity index (χ4v) is 16.5. The number of hydrogen-bond acceptors (Lipinski definition) is 0. The summed E-state index contributed by atoms with van der Waals surface area (Å²) in [4.78, 5) is 0. The number of hydrogen-bond donors (Lipinski definition) is 0. The third-order valence-corrected chi connectivity index (χ3v) is 19.6. The van der Waals surface area contributed by atoms with Crippen molar-refractivity contribution in [3.8, 4) is 28.2 Å². The highest BCUT2D eigenvalue weighted by Gasteiger charge is 2.41. The summed E-state index contributed by atoms with van der Waals surface area (Å²) >= 11 is 0. The summed E-state index contributed by atoms with van der Waals surface area (Å²) in [6.07, 6.45) is 0. The molecule has 0 amide bonds. The van der Waals surface area contributed by atoms with Gasteiger partial charge in [-0.15, -0.1) is 0 Å². The first-order chi connectivity index (χ1) is 34.8. The topological polar surface area (TPSA) is 14.8 Å². The molecule has 0 saturated heterocycles. The zero-order valence-corrected chi connectivity index (χ0v) is 39.3.